The molecule has 0 aliphatic heterocycles. The maximum atomic E-state index is 5.81. The molecule has 2 rings (SSSR count). The molecular formula is C9H12ClN7O. The van der Waals surface area contributed by atoms with Crippen LogP contribution in [-0.2, 0) is 4.74 Å². The van der Waals surface area contributed by atoms with Crippen molar-refractivity contribution in [3.05, 3.63) is 17.9 Å². The Hall–Kier alpha value is -1.80. The van der Waals surface area contributed by atoms with E-state index in [1.165, 1.54) is 17.3 Å². The van der Waals surface area contributed by atoms with Crippen LogP contribution in [0.5, 0.6) is 0 Å². The number of hydrogen-bond donors (Lipinski definition) is 1. The van der Waals surface area contributed by atoms with Crippen molar-refractivity contribution in [3.63, 3.8) is 0 Å². The number of ether oxygens (including phenoxy) is 1. The first kappa shape index (κ1) is 12.7. The van der Waals surface area contributed by atoms with Gasteiger partial charge < -0.3 is 10.1 Å². The fourth-order valence-corrected chi connectivity index (χ4v) is 1.37. The molecule has 18 heavy (non-hydrogen) atoms. The number of halogens is 1. The van der Waals surface area contributed by atoms with Crippen LogP contribution in [0.25, 0.3) is 5.95 Å². The van der Waals surface area contributed by atoms with Gasteiger partial charge >= 0.3 is 0 Å². The van der Waals surface area contributed by atoms with Crippen LogP contribution in [-0.4, -0.2) is 49.5 Å². The molecule has 9 heteroatoms. The second kappa shape index (κ2) is 6.22. The van der Waals surface area contributed by atoms with Crippen LogP contribution in [0.1, 0.15) is 6.92 Å². The molecule has 0 aliphatic rings. The Kier molecular flexibility index (Phi) is 4.37. The van der Waals surface area contributed by atoms with Crippen LogP contribution in [0, 0.1) is 0 Å². The number of anilines is 1. The Morgan fingerprint density at radius 1 is 1.39 bits per heavy atom. The van der Waals surface area contributed by atoms with Gasteiger partial charge in [-0.05, 0) is 18.5 Å². The van der Waals surface area contributed by atoms with Gasteiger partial charge in [-0.3, -0.25) is 0 Å². The van der Waals surface area contributed by atoms with Crippen LogP contribution < -0.4 is 5.32 Å². The predicted octanol–water partition coefficient (Wildman–Crippen LogP) is 0.554. The lowest BCUT2D eigenvalue weighted by atomic mass is 10.6. The average Bonchev–Trinajstić information content (AvgIpc) is 2.88. The minimum absolute atomic E-state index is 0.0920. The van der Waals surface area contributed by atoms with E-state index in [4.69, 9.17) is 16.3 Å². The molecule has 0 fully saturated rings. The molecule has 2 aromatic heterocycles. The fraction of sp³-hybridized carbons (Fsp3) is 0.444. The Labute approximate surface area is 108 Å². The van der Waals surface area contributed by atoms with Crippen LogP contribution >= 0.6 is 11.6 Å². The first-order chi connectivity index (χ1) is 8.79. The maximum absolute atomic E-state index is 5.81. The van der Waals surface area contributed by atoms with Crippen LogP contribution in [0.2, 0.25) is 5.28 Å². The van der Waals surface area contributed by atoms with Crippen molar-refractivity contribution < 1.29 is 4.74 Å². The zero-order valence-corrected chi connectivity index (χ0v) is 10.5. The van der Waals surface area contributed by atoms with Crippen LogP contribution in [0.3, 0.4) is 0 Å². The molecule has 0 radical (unpaired) electrons. The normalized spacial score (nSPS) is 10.6. The summed E-state index contributed by atoms with van der Waals surface area (Å²) in [5.74, 6) is 0.687. The van der Waals surface area contributed by atoms with Crippen molar-refractivity contribution >= 4 is 17.5 Å². The Balaban J connectivity index is 2.07. The van der Waals surface area contributed by atoms with Crippen LogP contribution in [0.15, 0.2) is 12.7 Å². The molecule has 96 valence electrons. The minimum Gasteiger partial charge on any atom is -0.380 e. The van der Waals surface area contributed by atoms with E-state index < -0.39 is 0 Å². The summed E-state index contributed by atoms with van der Waals surface area (Å²) in [6, 6.07) is 0. The molecule has 8 nitrogen and oxygen atoms in total. The van der Waals surface area contributed by atoms with Crippen LogP contribution in [0.4, 0.5) is 5.95 Å². The van der Waals surface area contributed by atoms with Gasteiger partial charge in [0.1, 0.15) is 12.7 Å². The highest BCUT2D eigenvalue weighted by molar-refractivity contribution is 6.28. The summed E-state index contributed by atoms with van der Waals surface area (Å²) >= 11 is 5.81. The highest BCUT2D eigenvalue weighted by atomic mass is 35.5. The quantitative estimate of drug-likeness (QED) is 0.766. The maximum Gasteiger partial charge on any atom is 0.258 e. The monoisotopic (exact) mass is 269 g/mol. The van der Waals surface area contributed by atoms with E-state index in [1.807, 2.05) is 6.92 Å². The summed E-state index contributed by atoms with van der Waals surface area (Å²) in [6.45, 7) is 3.76. The van der Waals surface area contributed by atoms with Gasteiger partial charge in [0.05, 0.1) is 6.61 Å². The van der Waals surface area contributed by atoms with Gasteiger partial charge in [0.15, 0.2) is 0 Å². The lowest BCUT2D eigenvalue weighted by Gasteiger charge is -2.06. The molecule has 0 saturated heterocycles. The third-order valence-corrected chi connectivity index (χ3v) is 2.12. The number of rotatable bonds is 6. The van der Waals surface area contributed by atoms with E-state index in [0.29, 0.717) is 31.7 Å². The summed E-state index contributed by atoms with van der Waals surface area (Å²) < 4.78 is 6.60. The SMILES string of the molecule is CCOCCNc1nc(Cl)nc(-n2cncn2)n1. The first-order valence-electron chi connectivity index (χ1n) is 5.38. The van der Waals surface area contributed by atoms with Gasteiger partial charge in [0.2, 0.25) is 11.2 Å². The second-order valence-corrected chi connectivity index (χ2v) is 3.53. The summed E-state index contributed by atoms with van der Waals surface area (Å²) in [6.07, 6.45) is 2.87. The summed E-state index contributed by atoms with van der Waals surface area (Å²) in [5, 5.41) is 7.00. The zero-order chi connectivity index (χ0) is 12.8. The van der Waals surface area contributed by atoms with Gasteiger partial charge in [0, 0.05) is 13.2 Å². The lowest BCUT2D eigenvalue weighted by Crippen LogP contribution is -2.13. The summed E-state index contributed by atoms with van der Waals surface area (Å²) in [4.78, 5) is 15.9. The van der Waals surface area contributed by atoms with E-state index in [9.17, 15) is 0 Å². The molecule has 2 aromatic rings. The Morgan fingerprint density at radius 3 is 3.00 bits per heavy atom. The lowest BCUT2D eigenvalue weighted by molar-refractivity contribution is 0.158. The van der Waals surface area contributed by atoms with E-state index in [0.717, 1.165) is 0 Å². The van der Waals surface area contributed by atoms with Crippen molar-refractivity contribution in [2.75, 3.05) is 25.1 Å². The second-order valence-electron chi connectivity index (χ2n) is 3.19. The molecule has 0 bridgehead atoms. The van der Waals surface area contributed by atoms with E-state index in [1.54, 1.807) is 0 Å². The standard InChI is InChI=1S/C9H12ClN7O/c1-2-18-4-3-12-8-14-7(10)15-9(16-8)17-6-11-5-13-17/h5-6H,2-4H2,1H3,(H,12,14,15,16). The third-order valence-electron chi connectivity index (χ3n) is 1.95. The average molecular weight is 270 g/mol. The minimum atomic E-state index is 0.0920. The number of aromatic nitrogens is 6. The number of hydrogen-bond acceptors (Lipinski definition) is 7. The molecule has 0 aliphatic carbocycles. The highest BCUT2D eigenvalue weighted by Crippen LogP contribution is 2.08. The molecule has 0 unspecified atom stereocenters. The topological polar surface area (TPSA) is 90.6 Å². The zero-order valence-electron chi connectivity index (χ0n) is 9.75. The molecule has 0 saturated carbocycles. The molecular weight excluding hydrogens is 258 g/mol. The van der Waals surface area contributed by atoms with Gasteiger partial charge in [-0.1, -0.05) is 0 Å². The van der Waals surface area contributed by atoms with E-state index >= 15 is 0 Å². The summed E-state index contributed by atoms with van der Waals surface area (Å²) in [7, 11) is 0. The molecule has 0 aromatic carbocycles. The van der Waals surface area contributed by atoms with Crippen molar-refractivity contribution in [1.82, 2.24) is 29.7 Å². The number of nitrogens with one attached hydrogen (secondary N) is 1. The smallest absolute Gasteiger partial charge is 0.258 e. The Bertz CT molecular complexity index is 490. The molecule has 0 atom stereocenters. The molecule has 0 amide bonds. The van der Waals surface area contributed by atoms with E-state index in [-0.39, 0.29) is 5.28 Å². The molecule has 0 spiro atoms. The van der Waals surface area contributed by atoms with Crippen molar-refractivity contribution in [1.29, 1.82) is 0 Å². The van der Waals surface area contributed by atoms with Gasteiger partial charge in [-0.2, -0.15) is 24.7 Å². The van der Waals surface area contributed by atoms with E-state index in [2.05, 4.69) is 30.4 Å². The van der Waals surface area contributed by atoms with Gasteiger partial charge in [-0.15, -0.1) is 0 Å². The van der Waals surface area contributed by atoms with Crippen molar-refractivity contribution in [2.45, 2.75) is 6.92 Å². The number of nitrogens with zero attached hydrogens (tertiary/aromatic N) is 6. The van der Waals surface area contributed by atoms with Crippen molar-refractivity contribution in [3.8, 4) is 5.95 Å². The van der Waals surface area contributed by atoms with Gasteiger partial charge in [0.25, 0.3) is 5.95 Å². The summed E-state index contributed by atoms with van der Waals surface area (Å²) in [5.41, 5.74) is 0. The first-order valence-corrected chi connectivity index (χ1v) is 5.75. The highest BCUT2D eigenvalue weighted by Gasteiger charge is 2.06. The van der Waals surface area contributed by atoms with Crippen molar-refractivity contribution in [2.24, 2.45) is 0 Å². The largest absolute Gasteiger partial charge is 0.380 e. The third kappa shape index (κ3) is 3.34. The molecule has 2 heterocycles. The van der Waals surface area contributed by atoms with Gasteiger partial charge in [-0.25, -0.2) is 4.98 Å². The molecule has 1 N–H and O–H groups in total. The predicted molar refractivity (Wildman–Crippen MR) is 64.7 cm³/mol. The fourth-order valence-electron chi connectivity index (χ4n) is 1.21. The Morgan fingerprint density at radius 2 is 2.28 bits per heavy atom.